The van der Waals surface area contributed by atoms with Crippen molar-refractivity contribution in [2.45, 2.75) is 19.8 Å². The summed E-state index contributed by atoms with van der Waals surface area (Å²) >= 11 is 0. The summed E-state index contributed by atoms with van der Waals surface area (Å²) in [7, 11) is 0. The highest BCUT2D eigenvalue weighted by Crippen LogP contribution is 2.17. The molecule has 3 aromatic rings. The number of carbonyl (C=O) groups is 1. The molecule has 21 heavy (non-hydrogen) atoms. The van der Waals surface area contributed by atoms with Crippen molar-refractivity contribution in [3.8, 4) is 0 Å². The third-order valence-corrected chi connectivity index (χ3v) is 3.65. The van der Waals surface area contributed by atoms with Gasteiger partial charge in [-0.2, -0.15) is 0 Å². The maximum Gasteiger partial charge on any atom is 0.141 e. The number of para-hydroxylation sites is 1. The Morgan fingerprint density at radius 2 is 1.71 bits per heavy atom. The van der Waals surface area contributed by atoms with E-state index in [4.69, 9.17) is 0 Å². The normalized spacial score (nSPS) is 10.7. The lowest BCUT2D eigenvalue weighted by Gasteiger charge is -2.06. The van der Waals surface area contributed by atoms with Crippen LogP contribution in [0.15, 0.2) is 60.8 Å². The average molecular weight is 275 g/mol. The Balaban J connectivity index is 1.79. The fraction of sp³-hybridized carbons (Fsp3) is 0.158. The number of hydrogen-bond donors (Lipinski definition) is 0. The highest BCUT2D eigenvalue weighted by atomic mass is 16.1. The van der Waals surface area contributed by atoms with Crippen LogP contribution in [0.1, 0.15) is 16.7 Å². The van der Waals surface area contributed by atoms with Crippen molar-refractivity contribution in [2.24, 2.45) is 0 Å². The molecule has 0 unspecified atom stereocenters. The van der Waals surface area contributed by atoms with E-state index in [2.05, 4.69) is 11.9 Å². The molecule has 1 aromatic heterocycles. The van der Waals surface area contributed by atoms with Gasteiger partial charge in [-0.1, -0.05) is 48.0 Å². The van der Waals surface area contributed by atoms with Crippen LogP contribution in [0.4, 0.5) is 0 Å². The number of pyridine rings is 1. The number of nitrogens with zero attached hydrogens (tertiary/aromatic N) is 1. The maximum absolute atomic E-state index is 12.3. The van der Waals surface area contributed by atoms with Crippen LogP contribution in [-0.2, 0) is 17.6 Å². The zero-order valence-electron chi connectivity index (χ0n) is 12.0. The number of ketones is 1. The van der Waals surface area contributed by atoms with E-state index in [1.807, 2.05) is 54.6 Å². The molecule has 2 heteroatoms. The molecule has 0 saturated carbocycles. The van der Waals surface area contributed by atoms with Crippen molar-refractivity contribution in [3.63, 3.8) is 0 Å². The highest BCUT2D eigenvalue weighted by molar-refractivity contribution is 5.89. The van der Waals surface area contributed by atoms with Gasteiger partial charge in [-0.25, -0.2) is 0 Å². The van der Waals surface area contributed by atoms with E-state index >= 15 is 0 Å². The smallest absolute Gasteiger partial charge is 0.141 e. The molecule has 0 bridgehead atoms. The quantitative estimate of drug-likeness (QED) is 0.723. The molecule has 2 aromatic carbocycles. The Hall–Kier alpha value is -2.48. The molecule has 0 N–H and O–H groups in total. The van der Waals surface area contributed by atoms with E-state index in [-0.39, 0.29) is 5.78 Å². The van der Waals surface area contributed by atoms with Crippen LogP contribution in [-0.4, -0.2) is 10.8 Å². The Morgan fingerprint density at radius 1 is 0.952 bits per heavy atom. The Kier molecular flexibility index (Phi) is 3.78. The Bertz CT molecular complexity index is 770. The van der Waals surface area contributed by atoms with Gasteiger partial charge in [-0.3, -0.25) is 9.78 Å². The van der Waals surface area contributed by atoms with Gasteiger partial charge in [-0.15, -0.1) is 0 Å². The van der Waals surface area contributed by atoms with Crippen LogP contribution >= 0.6 is 0 Å². The largest absolute Gasteiger partial charge is 0.299 e. The summed E-state index contributed by atoms with van der Waals surface area (Å²) in [6.45, 7) is 2.05. The second-order valence-corrected chi connectivity index (χ2v) is 5.37. The van der Waals surface area contributed by atoms with Crippen molar-refractivity contribution in [1.29, 1.82) is 0 Å². The molecule has 0 aliphatic rings. The number of carbonyl (C=O) groups excluding carboxylic acids is 1. The molecule has 0 radical (unpaired) electrons. The van der Waals surface area contributed by atoms with E-state index < -0.39 is 0 Å². The van der Waals surface area contributed by atoms with Crippen LogP contribution in [0.2, 0.25) is 0 Å². The van der Waals surface area contributed by atoms with Gasteiger partial charge in [0.05, 0.1) is 5.52 Å². The van der Waals surface area contributed by atoms with Crippen LogP contribution in [0.3, 0.4) is 0 Å². The standard InChI is InChI=1S/C19H17NO/c1-14-6-8-15(9-7-14)12-17(21)13-16-10-11-20-19-5-3-2-4-18(16)19/h2-11H,12-13H2,1H3. The monoisotopic (exact) mass is 275 g/mol. The first-order chi connectivity index (χ1) is 10.2. The molecule has 0 fully saturated rings. The number of benzene rings is 2. The predicted octanol–water partition coefficient (Wildman–Crippen LogP) is 3.90. The minimum atomic E-state index is 0.232. The summed E-state index contributed by atoms with van der Waals surface area (Å²) in [6, 6.07) is 18.0. The number of fused-ring (bicyclic) bond motifs is 1. The van der Waals surface area contributed by atoms with Gasteiger partial charge >= 0.3 is 0 Å². The van der Waals surface area contributed by atoms with Gasteiger partial charge in [0.15, 0.2) is 0 Å². The maximum atomic E-state index is 12.3. The Morgan fingerprint density at radius 3 is 2.52 bits per heavy atom. The van der Waals surface area contributed by atoms with Gasteiger partial charge < -0.3 is 0 Å². The van der Waals surface area contributed by atoms with E-state index in [0.717, 1.165) is 22.0 Å². The van der Waals surface area contributed by atoms with Crippen LogP contribution < -0.4 is 0 Å². The van der Waals surface area contributed by atoms with Crippen molar-refractivity contribution < 1.29 is 4.79 Å². The summed E-state index contributed by atoms with van der Waals surface area (Å²) < 4.78 is 0. The van der Waals surface area contributed by atoms with Crippen LogP contribution in [0.25, 0.3) is 10.9 Å². The van der Waals surface area contributed by atoms with Crippen LogP contribution in [0, 0.1) is 6.92 Å². The number of aryl methyl sites for hydroxylation is 1. The molecule has 0 amide bonds. The minimum absolute atomic E-state index is 0.232. The summed E-state index contributed by atoms with van der Waals surface area (Å²) in [4.78, 5) is 16.6. The molecule has 0 aliphatic carbocycles. The molecule has 0 atom stereocenters. The third-order valence-electron chi connectivity index (χ3n) is 3.65. The van der Waals surface area contributed by atoms with Crippen molar-refractivity contribution in [2.75, 3.05) is 0 Å². The fourth-order valence-corrected chi connectivity index (χ4v) is 2.52. The second kappa shape index (κ2) is 5.88. The molecule has 1 heterocycles. The zero-order chi connectivity index (χ0) is 14.7. The SMILES string of the molecule is Cc1ccc(CC(=O)Cc2ccnc3ccccc23)cc1. The number of aromatic nitrogens is 1. The first kappa shape index (κ1) is 13.5. The summed E-state index contributed by atoms with van der Waals surface area (Å²) in [5.74, 6) is 0.232. The van der Waals surface area contributed by atoms with E-state index in [1.165, 1.54) is 5.56 Å². The van der Waals surface area contributed by atoms with Gasteiger partial charge in [-0.05, 0) is 30.2 Å². The average Bonchev–Trinajstić information content (AvgIpc) is 2.50. The van der Waals surface area contributed by atoms with Crippen molar-refractivity contribution >= 4 is 16.7 Å². The van der Waals surface area contributed by atoms with Gasteiger partial charge in [0.2, 0.25) is 0 Å². The fourth-order valence-electron chi connectivity index (χ4n) is 2.52. The topological polar surface area (TPSA) is 30.0 Å². The molecular formula is C19H17NO. The molecular weight excluding hydrogens is 258 g/mol. The van der Waals surface area contributed by atoms with Gasteiger partial charge in [0.1, 0.15) is 5.78 Å². The first-order valence-electron chi connectivity index (χ1n) is 7.12. The lowest BCUT2D eigenvalue weighted by Crippen LogP contribution is -2.07. The Labute approximate surface area is 124 Å². The molecule has 3 rings (SSSR count). The molecule has 0 saturated heterocycles. The second-order valence-electron chi connectivity index (χ2n) is 5.37. The van der Waals surface area contributed by atoms with Crippen LogP contribution in [0.5, 0.6) is 0 Å². The number of rotatable bonds is 4. The number of Topliss-reactive ketones (excluding diaryl/α,β-unsaturated/α-hetero) is 1. The lowest BCUT2D eigenvalue weighted by molar-refractivity contribution is -0.117. The third kappa shape index (κ3) is 3.16. The van der Waals surface area contributed by atoms with E-state index in [9.17, 15) is 4.79 Å². The van der Waals surface area contributed by atoms with Crippen molar-refractivity contribution in [3.05, 3.63) is 77.5 Å². The van der Waals surface area contributed by atoms with E-state index in [0.29, 0.717) is 12.8 Å². The summed E-state index contributed by atoms with van der Waals surface area (Å²) in [5.41, 5.74) is 4.28. The lowest BCUT2D eigenvalue weighted by atomic mass is 10.00. The first-order valence-corrected chi connectivity index (χ1v) is 7.12. The minimum Gasteiger partial charge on any atom is -0.299 e. The van der Waals surface area contributed by atoms with Gasteiger partial charge in [0, 0.05) is 24.4 Å². The highest BCUT2D eigenvalue weighted by Gasteiger charge is 2.08. The van der Waals surface area contributed by atoms with Crippen molar-refractivity contribution in [1.82, 2.24) is 4.98 Å². The molecule has 0 aliphatic heterocycles. The zero-order valence-corrected chi connectivity index (χ0v) is 12.0. The summed E-state index contributed by atoms with van der Waals surface area (Å²) in [5, 5.41) is 1.07. The van der Waals surface area contributed by atoms with Gasteiger partial charge in [0.25, 0.3) is 0 Å². The number of hydrogen-bond acceptors (Lipinski definition) is 2. The van der Waals surface area contributed by atoms with E-state index in [1.54, 1.807) is 6.20 Å². The predicted molar refractivity (Wildman–Crippen MR) is 85.3 cm³/mol. The molecule has 2 nitrogen and oxygen atoms in total. The summed E-state index contributed by atoms with van der Waals surface area (Å²) in [6.07, 6.45) is 2.71. The molecule has 0 spiro atoms. The molecule has 104 valence electrons.